The fraction of sp³-hybridized carbons (Fsp3) is 0.475. The summed E-state index contributed by atoms with van der Waals surface area (Å²) in [7, 11) is -2.38. The van der Waals surface area contributed by atoms with Gasteiger partial charge < -0.3 is 29.7 Å². The van der Waals surface area contributed by atoms with E-state index >= 15 is 0 Å². The number of para-hydroxylation sites is 2. The number of nitrogens with zero attached hydrogens (tertiary/aromatic N) is 2. The van der Waals surface area contributed by atoms with Crippen LogP contribution in [0, 0.1) is 17.3 Å². The van der Waals surface area contributed by atoms with E-state index in [0.717, 1.165) is 0 Å². The van der Waals surface area contributed by atoms with E-state index < -0.39 is 67.9 Å². The van der Waals surface area contributed by atoms with Crippen LogP contribution in [0.4, 0.5) is 5.69 Å². The number of nitrogens with one attached hydrogen (secondary N) is 3. The Balaban J connectivity index is 1.32. The Morgan fingerprint density at radius 2 is 1.80 bits per heavy atom. The summed E-state index contributed by atoms with van der Waals surface area (Å²) in [4.78, 5) is 62.1. The Hall–Kier alpha value is -5.18. The summed E-state index contributed by atoms with van der Waals surface area (Å²) < 4.78 is 45.6. The van der Waals surface area contributed by atoms with Crippen LogP contribution in [0.15, 0.2) is 67.3 Å². The smallest absolute Gasteiger partial charge is 0.259 e. The summed E-state index contributed by atoms with van der Waals surface area (Å²) in [5.74, 6) is -2.49. The van der Waals surface area contributed by atoms with E-state index in [2.05, 4.69) is 26.9 Å². The molecular formula is C40H49N5O9S. The lowest BCUT2D eigenvalue weighted by molar-refractivity contribution is -0.146. The molecule has 0 unspecified atom stereocenters. The summed E-state index contributed by atoms with van der Waals surface area (Å²) in [6.45, 7) is 11.5. The first-order valence-electron chi connectivity index (χ1n) is 18.5. The van der Waals surface area contributed by atoms with Crippen LogP contribution < -0.4 is 29.6 Å². The van der Waals surface area contributed by atoms with Gasteiger partial charge in [0.2, 0.25) is 33.6 Å². The Morgan fingerprint density at radius 3 is 2.42 bits per heavy atom. The van der Waals surface area contributed by atoms with E-state index in [4.69, 9.17) is 14.2 Å². The number of likely N-dealkylation sites (tertiary alicyclic amines) is 1. The van der Waals surface area contributed by atoms with Crippen LogP contribution >= 0.6 is 0 Å². The van der Waals surface area contributed by atoms with Crippen molar-refractivity contribution in [1.29, 1.82) is 0 Å². The van der Waals surface area contributed by atoms with Crippen molar-refractivity contribution in [2.24, 2.45) is 17.3 Å². The van der Waals surface area contributed by atoms with Crippen molar-refractivity contribution >= 4 is 50.2 Å². The quantitative estimate of drug-likeness (QED) is 0.188. The SMILES string of the molecule is C=C[C@@H]1C[C@]1(NC(=O)[C@H]1C[C@@H](Oc2cc(OCC)nc3c(OC)cccc23)CN1C(=O)[C@@H](CC(=O)Nc1ccccc1)C(C)(C)C)C(=O)NS(=O)(=O)C1CC1. The standard InChI is InChI=1S/C40H49N5O9S/c1-7-24-22-40(24,38(49)44-55(50,51)27-17-18-27)43-36(47)30-19-26(54-32-21-34(53-8-2)42-35-28(32)15-12-16-31(35)52-6)23-45(30)37(48)29(39(3,4)5)20-33(46)41-25-13-10-9-11-14-25/h7,9-16,21,24,26-27,29-30H,1,8,17-20,22-23H2,2-6H3,(H,41,46)(H,43,47)(H,44,49)/t24-,26-,29-,30-,40-/m1/s1. The van der Waals surface area contributed by atoms with Crippen molar-refractivity contribution in [3.63, 3.8) is 0 Å². The van der Waals surface area contributed by atoms with E-state index in [1.165, 1.54) is 18.1 Å². The molecule has 2 saturated carbocycles. The van der Waals surface area contributed by atoms with Crippen LogP contribution in [0.3, 0.4) is 0 Å². The number of fused-ring (bicyclic) bond motifs is 1. The molecule has 55 heavy (non-hydrogen) atoms. The maximum Gasteiger partial charge on any atom is 0.259 e. The molecule has 3 N–H and O–H groups in total. The minimum absolute atomic E-state index is 0.0261. The van der Waals surface area contributed by atoms with E-state index in [1.54, 1.807) is 42.5 Å². The summed E-state index contributed by atoms with van der Waals surface area (Å²) in [6.07, 6.45) is 1.70. The number of benzene rings is 2. The van der Waals surface area contributed by atoms with Crippen molar-refractivity contribution in [1.82, 2.24) is 19.9 Å². The van der Waals surface area contributed by atoms with Crippen LogP contribution in [0.25, 0.3) is 10.9 Å². The van der Waals surface area contributed by atoms with Crippen molar-refractivity contribution in [3.05, 3.63) is 67.3 Å². The summed E-state index contributed by atoms with van der Waals surface area (Å²) in [5, 5.41) is 5.65. The highest BCUT2D eigenvalue weighted by molar-refractivity contribution is 7.91. The van der Waals surface area contributed by atoms with Crippen molar-refractivity contribution < 1.29 is 41.8 Å². The van der Waals surface area contributed by atoms with Crippen molar-refractivity contribution in [3.8, 4) is 17.4 Å². The van der Waals surface area contributed by atoms with E-state index in [1.807, 2.05) is 39.8 Å². The maximum atomic E-state index is 14.7. The molecule has 0 spiro atoms. The fourth-order valence-electron chi connectivity index (χ4n) is 7.11. The minimum Gasteiger partial charge on any atom is -0.494 e. The summed E-state index contributed by atoms with van der Waals surface area (Å²) in [5.41, 5.74) is -1.18. The number of methoxy groups -OCH3 is 1. The van der Waals surface area contributed by atoms with Crippen molar-refractivity contribution in [2.75, 3.05) is 25.6 Å². The van der Waals surface area contributed by atoms with E-state index in [9.17, 15) is 27.6 Å². The van der Waals surface area contributed by atoms with Crippen molar-refractivity contribution in [2.45, 2.75) is 82.7 Å². The van der Waals surface area contributed by atoms with Gasteiger partial charge in [0, 0.05) is 35.9 Å². The Bertz CT molecular complexity index is 2080. The second-order valence-electron chi connectivity index (χ2n) is 15.4. The third kappa shape index (κ3) is 8.56. The second kappa shape index (κ2) is 15.5. The number of pyridine rings is 1. The van der Waals surface area contributed by atoms with Crippen LogP contribution in [0.5, 0.6) is 17.4 Å². The minimum atomic E-state index is -3.91. The lowest BCUT2D eigenvalue weighted by atomic mass is 9.77. The number of aromatic nitrogens is 1. The largest absolute Gasteiger partial charge is 0.494 e. The molecule has 2 aliphatic carbocycles. The zero-order chi connectivity index (χ0) is 39.7. The van der Waals surface area contributed by atoms with Gasteiger partial charge in [0.05, 0.1) is 31.4 Å². The molecule has 14 nitrogen and oxygen atoms in total. The van der Waals surface area contributed by atoms with Gasteiger partial charge in [0.25, 0.3) is 5.91 Å². The lowest BCUT2D eigenvalue weighted by Crippen LogP contribution is -2.57. The average molecular weight is 776 g/mol. The Kier molecular flexibility index (Phi) is 11.1. The normalized spacial score (nSPS) is 22.6. The number of ether oxygens (including phenoxy) is 3. The number of carbonyl (C=O) groups excluding carboxylic acids is 4. The second-order valence-corrected chi connectivity index (χ2v) is 17.4. The monoisotopic (exact) mass is 775 g/mol. The van der Waals surface area contributed by atoms with Gasteiger partial charge in [-0.15, -0.1) is 6.58 Å². The molecule has 1 aromatic heterocycles. The molecule has 1 aliphatic heterocycles. The van der Waals surface area contributed by atoms with Crippen LogP contribution in [-0.2, 0) is 29.2 Å². The van der Waals surface area contributed by atoms with Gasteiger partial charge in [-0.1, -0.05) is 51.1 Å². The van der Waals surface area contributed by atoms with Gasteiger partial charge in [-0.05, 0) is 55.9 Å². The molecule has 4 amide bonds. The van der Waals surface area contributed by atoms with Gasteiger partial charge in [0.15, 0.2) is 0 Å². The molecule has 3 aromatic rings. The number of sulfonamides is 1. The predicted molar refractivity (Wildman–Crippen MR) is 206 cm³/mol. The highest BCUT2D eigenvalue weighted by Crippen LogP contribution is 2.46. The molecule has 3 fully saturated rings. The first-order chi connectivity index (χ1) is 26.1. The summed E-state index contributed by atoms with van der Waals surface area (Å²) in [6, 6.07) is 14.8. The van der Waals surface area contributed by atoms with Crippen LogP contribution in [-0.4, -0.2) is 85.1 Å². The van der Waals surface area contributed by atoms with E-state index in [0.29, 0.717) is 53.4 Å². The Morgan fingerprint density at radius 1 is 1.07 bits per heavy atom. The molecule has 1 saturated heterocycles. The third-order valence-corrected chi connectivity index (χ3v) is 12.3. The molecule has 5 atom stereocenters. The zero-order valence-electron chi connectivity index (χ0n) is 31.8. The topological polar surface area (TPSA) is 182 Å². The van der Waals surface area contributed by atoms with Gasteiger partial charge in [-0.2, -0.15) is 0 Å². The number of rotatable bonds is 15. The highest BCUT2D eigenvalue weighted by atomic mass is 32.2. The molecule has 0 bridgehead atoms. The number of carbonyl (C=O) groups is 4. The van der Waals surface area contributed by atoms with E-state index in [-0.39, 0.29) is 31.7 Å². The number of amides is 4. The highest BCUT2D eigenvalue weighted by Gasteiger charge is 2.62. The first-order valence-corrected chi connectivity index (χ1v) is 20.1. The van der Waals surface area contributed by atoms with Gasteiger partial charge in [-0.3, -0.25) is 23.9 Å². The number of hydrogen-bond donors (Lipinski definition) is 3. The van der Waals surface area contributed by atoms with Gasteiger partial charge >= 0.3 is 0 Å². The zero-order valence-corrected chi connectivity index (χ0v) is 32.6. The lowest BCUT2D eigenvalue weighted by Gasteiger charge is -2.35. The molecule has 6 rings (SSSR count). The molecule has 2 heterocycles. The molecule has 3 aliphatic rings. The molecule has 15 heteroatoms. The Labute approximate surface area is 321 Å². The predicted octanol–water partition coefficient (Wildman–Crippen LogP) is 4.35. The number of anilines is 1. The maximum absolute atomic E-state index is 14.7. The fourth-order valence-corrected chi connectivity index (χ4v) is 8.47. The molecular weight excluding hydrogens is 727 g/mol. The number of hydrogen-bond acceptors (Lipinski definition) is 10. The summed E-state index contributed by atoms with van der Waals surface area (Å²) >= 11 is 0. The van der Waals surface area contributed by atoms with Crippen LogP contribution in [0.2, 0.25) is 0 Å². The molecule has 2 aromatic carbocycles. The molecule has 0 radical (unpaired) electrons. The average Bonchev–Trinajstić information content (AvgIpc) is 4.07. The van der Waals surface area contributed by atoms with Gasteiger partial charge in [0.1, 0.15) is 34.7 Å². The third-order valence-electron chi connectivity index (χ3n) is 10.4. The molecule has 294 valence electrons. The van der Waals surface area contributed by atoms with Gasteiger partial charge in [-0.25, -0.2) is 13.4 Å². The van der Waals surface area contributed by atoms with Crippen LogP contribution in [0.1, 0.15) is 59.8 Å². The first kappa shape index (κ1) is 39.5.